The highest BCUT2D eigenvalue weighted by molar-refractivity contribution is 7.91. The molecule has 1 saturated heterocycles. The van der Waals surface area contributed by atoms with Crippen LogP contribution in [-0.2, 0) is 9.84 Å². The van der Waals surface area contributed by atoms with Crippen molar-refractivity contribution >= 4 is 9.84 Å². The van der Waals surface area contributed by atoms with Crippen molar-refractivity contribution in [3.8, 4) is 11.8 Å². The molecule has 0 N–H and O–H groups in total. The highest BCUT2D eigenvalue weighted by Gasteiger charge is 2.25. The van der Waals surface area contributed by atoms with Crippen molar-refractivity contribution in [1.82, 2.24) is 4.90 Å². The number of sulfone groups is 1. The summed E-state index contributed by atoms with van der Waals surface area (Å²) in [7, 11) is -0.726. The van der Waals surface area contributed by atoms with E-state index in [1.807, 2.05) is 14.0 Å². The highest BCUT2D eigenvalue weighted by Crippen LogP contribution is 2.16. The van der Waals surface area contributed by atoms with E-state index in [1.54, 1.807) is 0 Å². The van der Waals surface area contributed by atoms with Crippen molar-refractivity contribution in [3.63, 3.8) is 0 Å². The van der Waals surface area contributed by atoms with Crippen LogP contribution < -0.4 is 0 Å². The summed E-state index contributed by atoms with van der Waals surface area (Å²) < 4.78 is 22.4. The Bertz CT molecular complexity index is 323. The third-order valence-corrected chi connectivity index (χ3v) is 4.37. The molecule has 80 valence electrons. The molecule has 0 radical (unpaired) electrons. The first-order chi connectivity index (χ1) is 6.55. The Hall–Kier alpha value is -0.530. The van der Waals surface area contributed by atoms with E-state index in [0.717, 1.165) is 19.4 Å². The van der Waals surface area contributed by atoms with Crippen molar-refractivity contribution < 1.29 is 8.42 Å². The fraction of sp³-hybridized carbons (Fsp3) is 0.800. The molecule has 0 spiro atoms. The minimum absolute atomic E-state index is 0.335. The van der Waals surface area contributed by atoms with Crippen molar-refractivity contribution in [3.05, 3.63) is 0 Å². The molecule has 1 fully saturated rings. The summed E-state index contributed by atoms with van der Waals surface area (Å²) >= 11 is 0. The van der Waals surface area contributed by atoms with Crippen LogP contribution in [0.1, 0.15) is 19.8 Å². The van der Waals surface area contributed by atoms with E-state index in [0.29, 0.717) is 17.5 Å². The lowest BCUT2D eigenvalue weighted by Gasteiger charge is -2.29. The first-order valence-corrected chi connectivity index (χ1v) is 6.67. The molecule has 4 heteroatoms. The SMILES string of the molecule is CC#CCN(C)C1CCS(=O)(=O)CC1. The lowest BCUT2D eigenvalue weighted by molar-refractivity contribution is 0.252. The van der Waals surface area contributed by atoms with Crippen LogP contribution >= 0.6 is 0 Å². The van der Waals surface area contributed by atoms with Gasteiger partial charge in [-0.05, 0) is 26.8 Å². The molecule has 0 aliphatic carbocycles. The Morgan fingerprint density at radius 1 is 1.36 bits per heavy atom. The second kappa shape index (κ2) is 4.81. The zero-order valence-corrected chi connectivity index (χ0v) is 9.60. The van der Waals surface area contributed by atoms with Crippen LogP contribution in [0.5, 0.6) is 0 Å². The minimum Gasteiger partial charge on any atom is -0.292 e. The maximum Gasteiger partial charge on any atom is 0.150 e. The van der Waals surface area contributed by atoms with Crippen LogP contribution in [0.25, 0.3) is 0 Å². The van der Waals surface area contributed by atoms with Gasteiger partial charge in [-0.1, -0.05) is 5.92 Å². The number of hydrogen-bond acceptors (Lipinski definition) is 3. The standard InChI is InChI=1S/C10H17NO2S/c1-3-4-7-11(2)10-5-8-14(12,13)9-6-10/h10H,5-9H2,1-2H3. The van der Waals surface area contributed by atoms with Gasteiger partial charge in [0.25, 0.3) is 0 Å². The third-order valence-electron chi connectivity index (χ3n) is 2.65. The van der Waals surface area contributed by atoms with Crippen LogP contribution in [0.2, 0.25) is 0 Å². The van der Waals surface area contributed by atoms with Crippen LogP contribution in [0.15, 0.2) is 0 Å². The Morgan fingerprint density at radius 3 is 2.43 bits per heavy atom. The molecule has 0 aromatic carbocycles. The van der Waals surface area contributed by atoms with Gasteiger partial charge in [-0.25, -0.2) is 8.42 Å². The molecule has 14 heavy (non-hydrogen) atoms. The molecule has 1 aliphatic rings. The van der Waals surface area contributed by atoms with Gasteiger partial charge in [0.05, 0.1) is 18.1 Å². The van der Waals surface area contributed by atoms with E-state index in [2.05, 4.69) is 16.7 Å². The van der Waals surface area contributed by atoms with Crippen molar-refractivity contribution in [1.29, 1.82) is 0 Å². The maximum atomic E-state index is 11.2. The molecule has 1 aliphatic heterocycles. The first kappa shape index (κ1) is 11.5. The summed E-state index contributed by atoms with van der Waals surface area (Å²) in [5.41, 5.74) is 0. The van der Waals surface area contributed by atoms with Gasteiger partial charge in [0.1, 0.15) is 9.84 Å². The molecule has 0 bridgehead atoms. The predicted molar refractivity (Wildman–Crippen MR) is 57.8 cm³/mol. The molecular formula is C10H17NO2S. The van der Waals surface area contributed by atoms with Gasteiger partial charge >= 0.3 is 0 Å². The maximum absolute atomic E-state index is 11.2. The predicted octanol–water partition coefficient (Wildman–Crippen LogP) is 0.519. The minimum atomic E-state index is -2.73. The molecule has 0 aromatic rings. The molecular weight excluding hydrogens is 198 g/mol. The van der Waals surface area contributed by atoms with Gasteiger partial charge in [-0.2, -0.15) is 0 Å². The van der Waals surface area contributed by atoms with E-state index >= 15 is 0 Å². The van der Waals surface area contributed by atoms with Gasteiger partial charge in [0.15, 0.2) is 0 Å². The van der Waals surface area contributed by atoms with Crippen LogP contribution in [-0.4, -0.2) is 44.5 Å². The van der Waals surface area contributed by atoms with Gasteiger partial charge in [-0.15, -0.1) is 5.92 Å². The second-order valence-corrected chi connectivity index (χ2v) is 6.03. The van der Waals surface area contributed by atoms with Crippen molar-refractivity contribution in [2.24, 2.45) is 0 Å². The Morgan fingerprint density at radius 2 is 1.93 bits per heavy atom. The molecule has 0 amide bonds. The van der Waals surface area contributed by atoms with Crippen LogP contribution in [0, 0.1) is 11.8 Å². The topological polar surface area (TPSA) is 37.4 Å². The fourth-order valence-electron chi connectivity index (χ4n) is 1.65. The number of hydrogen-bond donors (Lipinski definition) is 0. The van der Waals surface area contributed by atoms with Crippen LogP contribution in [0.4, 0.5) is 0 Å². The van der Waals surface area contributed by atoms with Crippen LogP contribution in [0.3, 0.4) is 0 Å². The molecule has 0 unspecified atom stereocenters. The molecule has 1 rings (SSSR count). The largest absolute Gasteiger partial charge is 0.292 e. The zero-order chi connectivity index (χ0) is 10.6. The van der Waals surface area contributed by atoms with Gasteiger partial charge in [-0.3, -0.25) is 4.90 Å². The second-order valence-electron chi connectivity index (χ2n) is 3.72. The Kier molecular flexibility index (Phi) is 3.97. The lowest BCUT2D eigenvalue weighted by atomic mass is 10.1. The van der Waals surface area contributed by atoms with E-state index in [1.165, 1.54) is 0 Å². The molecule has 0 atom stereocenters. The third kappa shape index (κ3) is 3.32. The van der Waals surface area contributed by atoms with E-state index in [4.69, 9.17) is 0 Å². The summed E-state index contributed by atoms with van der Waals surface area (Å²) in [6, 6.07) is 0.388. The Balaban J connectivity index is 2.44. The van der Waals surface area contributed by atoms with Gasteiger partial charge < -0.3 is 0 Å². The monoisotopic (exact) mass is 215 g/mol. The fourth-order valence-corrected chi connectivity index (χ4v) is 3.12. The van der Waals surface area contributed by atoms with E-state index in [-0.39, 0.29) is 0 Å². The molecule has 0 saturated carbocycles. The summed E-state index contributed by atoms with van der Waals surface area (Å²) in [6.07, 6.45) is 1.51. The number of nitrogens with zero attached hydrogens (tertiary/aromatic N) is 1. The summed E-state index contributed by atoms with van der Waals surface area (Å²) in [4.78, 5) is 2.14. The Labute approximate surface area is 86.4 Å². The molecule has 3 nitrogen and oxygen atoms in total. The average molecular weight is 215 g/mol. The zero-order valence-electron chi connectivity index (χ0n) is 8.78. The summed E-state index contributed by atoms with van der Waals surface area (Å²) in [5.74, 6) is 6.51. The highest BCUT2D eigenvalue weighted by atomic mass is 32.2. The molecule has 0 aromatic heterocycles. The lowest BCUT2D eigenvalue weighted by Crippen LogP contribution is -2.39. The first-order valence-electron chi connectivity index (χ1n) is 4.85. The van der Waals surface area contributed by atoms with E-state index < -0.39 is 9.84 Å². The summed E-state index contributed by atoms with van der Waals surface area (Å²) in [6.45, 7) is 2.56. The normalized spacial score (nSPS) is 21.6. The summed E-state index contributed by atoms with van der Waals surface area (Å²) in [5, 5.41) is 0. The number of rotatable bonds is 2. The molecule has 1 heterocycles. The smallest absolute Gasteiger partial charge is 0.150 e. The van der Waals surface area contributed by atoms with Gasteiger partial charge in [0.2, 0.25) is 0 Å². The van der Waals surface area contributed by atoms with E-state index in [9.17, 15) is 8.42 Å². The quantitative estimate of drug-likeness (QED) is 0.630. The van der Waals surface area contributed by atoms with Crippen molar-refractivity contribution in [2.45, 2.75) is 25.8 Å². The van der Waals surface area contributed by atoms with Crippen molar-refractivity contribution in [2.75, 3.05) is 25.1 Å². The average Bonchev–Trinajstić information content (AvgIpc) is 2.14. The van der Waals surface area contributed by atoms with Gasteiger partial charge in [0, 0.05) is 6.04 Å².